The van der Waals surface area contributed by atoms with Gasteiger partial charge in [-0.2, -0.15) is 4.31 Å². The van der Waals surface area contributed by atoms with Gasteiger partial charge in [0, 0.05) is 31.7 Å². The molecule has 0 aliphatic carbocycles. The number of ether oxygens (including phenoxy) is 1. The van der Waals surface area contributed by atoms with E-state index in [2.05, 4.69) is 4.90 Å². The van der Waals surface area contributed by atoms with E-state index in [-0.39, 0.29) is 11.5 Å². The highest BCUT2D eigenvalue weighted by atomic mass is 32.2. The Morgan fingerprint density at radius 3 is 2.45 bits per heavy atom. The van der Waals surface area contributed by atoms with Crippen LogP contribution in [0.2, 0.25) is 0 Å². The van der Waals surface area contributed by atoms with Crippen LogP contribution in [0.1, 0.15) is 5.56 Å². The highest BCUT2D eigenvalue weighted by molar-refractivity contribution is 7.89. The van der Waals surface area contributed by atoms with Crippen LogP contribution >= 0.6 is 0 Å². The van der Waals surface area contributed by atoms with Gasteiger partial charge >= 0.3 is 0 Å². The minimum Gasteiger partial charge on any atom is -0.496 e. The first-order valence-corrected chi connectivity index (χ1v) is 7.89. The number of hydrogen-bond acceptors (Lipinski definition) is 5. The van der Waals surface area contributed by atoms with E-state index >= 15 is 0 Å². The first-order chi connectivity index (χ1) is 9.48. The molecule has 1 aliphatic heterocycles. The van der Waals surface area contributed by atoms with E-state index < -0.39 is 10.0 Å². The molecule has 0 saturated carbocycles. The summed E-state index contributed by atoms with van der Waals surface area (Å²) in [6, 6.07) is 4.58. The molecule has 1 N–H and O–H groups in total. The highest BCUT2D eigenvalue weighted by Gasteiger charge is 2.27. The normalized spacial score (nSPS) is 18.1. The molecule has 0 bridgehead atoms. The van der Waals surface area contributed by atoms with Crippen LogP contribution in [-0.4, -0.2) is 63.1 Å². The van der Waals surface area contributed by atoms with E-state index in [1.807, 2.05) is 7.05 Å². The van der Waals surface area contributed by atoms with Gasteiger partial charge in [0.1, 0.15) is 5.75 Å². The summed E-state index contributed by atoms with van der Waals surface area (Å²) < 4.78 is 31.7. The number of hydrogen-bond donors (Lipinski definition) is 1. The third-order valence-corrected chi connectivity index (χ3v) is 5.42. The van der Waals surface area contributed by atoms with Gasteiger partial charge in [-0.05, 0) is 25.2 Å². The number of sulfonamides is 1. The first kappa shape index (κ1) is 15.2. The molecule has 1 heterocycles. The predicted molar refractivity (Wildman–Crippen MR) is 75.2 cm³/mol. The maximum atomic E-state index is 12.5. The van der Waals surface area contributed by atoms with E-state index in [4.69, 9.17) is 4.74 Å². The van der Waals surface area contributed by atoms with Crippen molar-refractivity contribution in [2.75, 3.05) is 40.3 Å². The van der Waals surface area contributed by atoms with Crippen molar-refractivity contribution in [2.24, 2.45) is 0 Å². The summed E-state index contributed by atoms with van der Waals surface area (Å²) in [6.07, 6.45) is 0. The van der Waals surface area contributed by atoms with Gasteiger partial charge in [-0.25, -0.2) is 8.42 Å². The van der Waals surface area contributed by atoms with Crippen molar-refractivity contribution >= 4 is 10.0 Å². The maximum Gasteiger partial charge on any atom is 0.243 e. The smallest absolute Gasteiger partial charge is 0.243 e. The van der Waals surface area contributed by atoms with Crippen molar-refractivity contribution in [3.63, 3.8) is 0 Å². The Bertz CT molecular complexity index is 566. The summed E-state index contributed by atoms with van der Waals surface area (Å²) in [4.78, 5) is 2.30. The van der Waals surface area contributed by atoms with E-state index in [0.29, 0.717) is 24.4 Å². The molecule has 7 heteroatoms. The SMILES string of the molecule is COc1ccc(S(=O)(=O)N2CCN(C)CC2)cc1CO. The van der Waals surface area contributed by atoms with Crippen LogP contribution in [0, 0.1) is 0 Å². The van der Waals surface area contributed by atoms with Gasteiger partial charge in [0.15, 0.2) is 0 Å². The molecule has 1 aliphatic rings. The zero-order valence-corrected chi connectivity index (χ0v) is 12.6. The van der Waals surface area contributed by atoms with Gasteiger partial charge in [-0.15, -0.1) is 0 Å². The molecule has 0 radical (unpaired) electrons. The summed E-state index contributed by atoms with van der Waals surface area (Å²) in [6.45, 7) is 2.17. The Morgan fingerprint density at radius 1 is 1.25 bits per heavy atom. The molecule has 0 spiro atoms. The largest absolute Gasteiger partial charge is 0.496 e. The van der Waals surface area contributed by atoms with E-state index in [1.54, 1.807) is 6.07 Å². The Labute approximate surface area is 119 Å². The summed E-state index contributed by atoms with van der Waals surface area (Å²) in [5.74, 6) is 0.491. The van der Waals surface area contributed by atoms with Crippen molar-refractivity contribution in [3.05, 3.63) is 23.8 Å². The summed E-state index contributed by atoms with van der Waals surface area (Å²) in [5, 5.41) is 9.29. The fourth-order valence-electron chi connectivity index (χ4n) is 2.22. The molecule has 0 aromatic heterocycles. The van der Waals surface area contributed by atoms with Gasteiger partial charge in [0.2, 0.25) is 10.0 Å². The Hall–Kier alpha value is -1.15. The Morgan fingerprint density at radius 2 is 1.90 bits per heavy atom. The van der Waals surface area contributed by atoms with Gasteiger partial charge in [0.05, 0.1) is 18.6 Å². The fraction of sp³-hybridized carbons (Fsp3) is 0.538. The standard InChI is InChI=1S/C13H20N2O4S/c1-14-5-7-15(8-6-14)20(17,18)12-3-4-13(19-2)11(9-12)10-16/h3-4,9,16H,5-8,10H2,1-2H3. The molecule has 112 valence electrons. The Kier molecular flexibility index (Phi) is 4.64. The molecule has 0 unspecified atom stereocenters. The van der Waals surface area contributed by atoms with Crippen molar-refractivity contribution in [1.82, 2.24) is 9.21 Å². The quantitative estimate of drug-likeness (QED) is 0.855. The maximum absolute atomic E-state index is 12.5. The van der Waals surface area contributed by atoms with E-state index in [9.17, 15) is 13.5 Å². The molecule has 20 heavy (non-hydrogen) atoms. The van der Waals surface area contributed by atoms with Crippen LogP contribution in [0.5, 0.6) is 5.75 Å². The Balaban J connectivity index is 2.30. The van der Waals surface area contributed by atoms with Crippen LogP contribution in [0.3, 0.4) is 0 Å². The highest BCUT2D eigenvalue weighted by Crippen LogP contribution is 2.25. The minimum absolute atomic E-state index is 0.201. The lowest BCUT2D eigenvalue weighted by Crippen LogP contribution is -2.47. The fourth-order valence-corrected chi connectivity index (χ4v) is 3.69. The van der Waals surface area contributed by atoms with Crippen LogP contribution in [0.25, 0.3) is 0 Å². The number of piperazine rings is 1. The van der Waals surface area contributed by atoms with Crippen LogP contribution in [0.4, 0.5) is 0 Å². The minimum atomic E-state index is -3.50. The lowest BCUT2D eigenvalue weighted by molar-refractivity contribution is 0.222. The zero-order valence-electron chi connectivity index (χ0n) is 11.7. The molecule has 2 rings (SSSR count). The topological polar surface area (TPSA) is 70.1 Å². The molecule has 0 amide bonds. The summed E-state index contributed by atoms with van der Waals surface area (Å²) in [7, 11) is -0.0404. The molecule has 1 saturated heterocycles. The van der Waals surface area contributed by atoms with Gasteiger partial charge in [0.25, 0.3) is 0 Å². The lowest BCUT2D eigenvalue weighted by Gasteiger charge is -2.31. The van der Waals surface area contributed by atoms with Crippen molar-refractivity contribution < 1.29 is 18.3 Å². The number of aliphatic hydroxyl groups excluding tert-OH is 1. The number of likely N-dealkylation sites (N-methyl/N-ethyl adjacent to an activating group) is 1. The number of rotatable bonds is 4. The third-order valence-electron chi connectivity index (χ3n) is 3.52. The monoisotopic (exact) mass is 300 g/mol. The van der Waals surface area contributed by atoms with E-state index in [1.165, 1.54) is 23.5 Å². The summed E-state index contributed by atoms with van der Waals surface area (Å²) >= 11 is 0. The molecule has 6 nitrogen and oxygen atoms in total. The third kappa shape index (κ3) is 2.95. The van der Waals surface area contributed by atoms with Crippen molar-refractivity contribution in [3.8, 4) is 5.75 Å². The van der Waals surface area contributed by atoms with Gasteiger partial charge in [-0.3, -0.25) is 0 Å². The van der Waals surface area contributed by atoms with Crippen LogP contribution in [-0.2, 0) is 16.6 Å². The number of methoxy groups -OCH3 is 1. The first-order valence-electron chi connectivity index (χ1n) is 6.45. The molecule has 0 atom stereocenters. The average molecular weight is 300 g/mol. The lowest BCUT2D eigenvalue weighted by atomic mass is 10.2. The molecular formula is C13H20N2O4S. The van der Waals surface area contributed by atoms with Gasteiger partial charge < -0.3 is 14.7 Å². The predicted octanol–water partition coefficient (Wildman–Crippen LogP) is 0.124. The molecule has 1 fully saturated rings. The molecular weight excluding hydrogens is 280 g/mol. The molecule has 1 aromatic rings. The second-order valence-electron chi connectivity index (χ2n) is 4.84. The van der Waals surface area contributed by atoms with Gasteiger partial charge in [-0.1, -0.05) is 0 Å². The molecule has 1 aromatic carbocycles. The summed E-state index contributed by atoms with van der Waals surface area (Å²) in [5.41, 5.74) is 0.475. The van der Waals surface area contributed by atoms with Crippen molar-refractivity contribution in [2.45, 2.75) is 11.5 Å². The number of nitrogens with zero attached hydrogens (tertiary/aromatic N) is 2. The van der Waals surface area contributed by atoms with E-state index in [0.717, 1.165) is 13.1 Å². The average Bonchev–Trinajstić information content (AvgIpc) is 2.46. The second kappa shape index (κ2) is 6.09. The van der Waals surface area contributed by atoms with Crippen molar-refractivity contribution in [1.29, 1.82) is 0 Å². The van der Waals surface area contributed by atoms with Crippen LogP contribution < -0.4 is 4.74 Å². The second-order valence-corrected chi connectivity index (χ2v) is 6.78. The van der Waals surface area contributed by atoms with Crippen LogP contribution in [0.15, 0.2) is 23.1 Å². The zero-order chi connectivity index (χ0) is 14.8. The number of aliphatic hydroxyl groups is 1. The number of benzene rings is 1.